The molecular formula is C11H16O. The van der Waals surface area contributed by atoms with Crippen molar-refractivity contribution in [2.45, 2.75) is 39.0 Å². The quantitative estimate of drug-likeness (QED) is 0.544. The summed E-state index contributed by atoms with van der Waals surface area (Å²) < 4.78 is 0. The van der Waals surface area contributed by atoms with Gasteiger partial charge in [-0.25, -0.2) is 0 Å². The summed E-state index contributed by atoms with van der Waals surface area (Å²) in [7, 11) is 0. The molecule has 2 rings (SSSR count). The van der Waals surface area contributed by atoms with E-state index in [1.165, 1.54) is 6.42 Å². The van der Waals surface area contributed by atoms with Crippen LogP contribution >= 0.6 is 0 Å². The number of rotatable bonds is 1. The second-order valence-electron chi connectivity index (χ2n) is 4.23. The zero-order valence-corrected chi connectivity index (χ0v) is 7.68. The third-order valence-corrected chi connectivity index (χ3v) is 3.47. The van der Waals surface area contributed by atoms with E-state index < -0.39 is 0 Å². The third kappa shape index (κ3) is 1.03. The SMILES string of the molecule is CC=CC12CCC(CCC1=O)C2. The zero-order valence-electron chi connectivity index (χ0n) is 7.68. The largest absolute Gasteiger partial charge is 0.299 e. The van der Waals surface area contributed by atoms with Gasteiger partial charge in [0.2, 0.25) is 0 Å². The number of carbonyl (C=O) groups excluding carboxylic acids is 1. The molecule has 2 saturated carbocycles. The molecule has 0 aromatic rings. The number of Topliss-reactive ketones (excluding diaryl/α,β-unsaturated/α-hetero) is 1. The van der Waals surface area contributed by atoms with Gasteiger partial charge in [0.1, 0.15) is 5.78 Å². The van der Waals surface area contributed by atoms with Crippen molar-refractivity contribution in [1.29, 1.82) is 0 Å². The highest BCUT2D eigenvalue weighted by Crippen LogP contribution is 2.50. The predicted molar refractivity (Wildman–Crippen MR) is 48.8 cm³/mol. The van der Waals surface area contributed by atoms with Gasteiger partial charge in [0.15, 0.2) is 0 Å². The average Bonchev–Trinajstić information content (AvgIpc) is 2.40. The first-order chi connectivity index (χ1) is 5.77. The number of carbonyl (C=O) groups is 1. The van der Waals surface area contributed by atoms with Crippen LogP contribution in [-0.4, -0.2) is 5.78 Å². The van der Waals surface area contributed by atoms with E-state index in [0.29, 0.717) is 5.78 Å². The summed E-state index contributed by atoms with van der Waals surface area (Å²) in [5.74, 6) is 1.34. The van der Waals surface area contributed by atoms with E-state index in [9.17, 15) is 4.79 Å². The predicted octanol–water partition coefficient (Wildman–Crippen LogP) is 2.71. The molecule has 0 heterocycles. The van der Waals surface area contributed by atoms with Crippen molar-refractivity contribution in [2.75, 3.05) is 0 Å². The summed E-state index contributed by atoms with van der Waals surface area (Å²) in [6.07, 6.45) is 9.69. The molecule has 2 fully saturated rings. The Balaban J connectivity index is 2.27. The molecule has 0 spiro atoms. The van der Waals surface area contributed by atoms with Crippen LogP contribution < -0.4 is 0 Å². The van der Waals surface area contributed by atoms with Crippen LogP contribution in [0.4, 0.5) is 0 Å². The van der Waals surface area contributed by atoms with Crippen molar-refractivity contribution in [3.8, 4) is 0 Å². The molecule has 2 unspecified atom stereocenters. The molecule has 2 aliphatic carbocycles. The van der Waals surface area contributed by atoms with E-state index in [0.717, 1.165) is 31.6 Å². The van der Waals surface area contributed by atoms with Crippen LogP contribution in [0, 0.1) is 11.3 Å². The van der Waals surface area contributed by atoms with Crippen LogP contribution in [0.25, 0.3) is 0 Å². The lowest BCUT2D eigenvalue weighted by Crippen LogP contribution is -2.29. The molecule has 2 aliphatic rings. The van der Waals surface area contributed by atoms with Crippen molar-refractivity contribution in [2.24, 2.45) is 11.3 Å². The van der Waals surface area contributed by atoms with Gasteiger partial charge in [0.05, 0.1) is 0 Å². The lowest BCUT2D eigenvalue weighted by atomic mass is 9.74. The van der Waals surface area contributed by atoms with Gasteiger partial charge in [-0.05, 0) is 38.5 Å². The summed E-state index contributed by atoms with van der Waals surface area (Å²) in [5, 5.41) is 0. The number of hydrogen-bond acceptors (Lipinski definition) is 1. The summed E-state index contributed by atoms with van der Waals surface area (Å²) in [6, 6.07) is 0. The second kappa shape index (κ2) is 2.72. The monoisotopic (exact) mass is 164 g/mol. The van der Waals surface area contributed by atoms with Gasteiger partial charge < -0.3 is 0 Å². The van der Waals surface area contributed by atoms with Crippen molar-refractivity contribution in [1.82, 2.24) is 0 Å². The zero-order chi connectivity index (χ0) is 8.60. The Morgan fingerprint density at radius 1 is 1.50 bits per heavy atom. The Kier molecular flexibility index (Phi) is 1.82. The minimum Gasteiger partial charge on any atom is -0.299 e. The summed E-state index contributed by atoms with van der Waals surface area (Å²) >= 11 is 0. The van der Waals surface area contributed by atoms with Crippen molar-refractivity contribution >= 4 is 5.78 Å². The first kappa shape index (κ1) is 8.03. The average molecular weight is 164 g/mol. The summed E-state index contributed by atoms with van der Waals surface area (Å²) in [6.45, 7) is 2.02. The number of allylic oxidation sites excluding steroid dienone is 2. The molecule has 2 atom stereocenters. The fourth-order valence-corrected chi connectivity index (χ4v) is 2.83. The maximum absolute atomic E-state index is 11.7. The Hall–Kier alpha value is -0.590. The highest BCUT2D eigenvalue weighted by molar-refractivity contribution is 5.88. The van der Waals surface area contributed by atoms with Crippen LogP contribution in [0.3, 0.4) is 0 Å². The summed E-state index contributed by atoms with van der Waals surface area (Å²) in [4.78, 5) is 11.7. The molecule has 0 amide bonds. The number of hydrogen-bond donors (Lipinski definition) is 0. The van der Waals surface area contributed by atoms with Crippen molar-refractivity contribution in [3.63, 3.8) is 0 Å². The van der Waals surface area contributed by atoms with Crippen LogP contribution in [-0.2, 0) is 4.79 Å². The van der Waals surface area contributed by atoms with Gasteiger partial charge in [0, 0.05) is 11.8 Å². The van der Waals surface area contributed by atoms with E-state index in [2.05, 4.69) is 6.08 Å². The highest BCUT2D eigenvalue weighted by atomic mass is 16.1. The van der Waals surface area contributed by atoms with Gasteiger partial charge in [-0.15, -0.1) is 0 Å². The fourth-order valence-electron chi connectivity index (χ4n) is 2.83. The molecule has 1 nitrogen and oxygen atoms in total. The molecular weight excluding hydrogens is 148 g/mol. The molecule has 12 heavy (non-hydrogen) atoms. The smallest absolute Gasteiger partial charge is 0.142 e. The first-order valence-corrected chi connectivity index (χ1v) is 4.94. The summed E-state index contributed by atoms with van der Waals surface area (Å²) in [5.41, 5.74) is -0.0162. The minimum atomic E-state index is -0.0162. The van der Waals surface area contributed by atoms with E-state index >= 15 is 0 Å². The van der Waals surface area contributed by atoms with Gasteiger partial charge in [-0.3, -0.25) is 4.79 Å². The molecule has 0 radical (unpaired) electrons. The fraction of sp³-hybridized carbons (Fsp3) is 0.727. The van der Waals surface area contributed by atoms with Gasteiger partial charge in [-0.1, -0.05) is 12.2 Å². The number of ketones is 1. The van der Waals surface area contributed by atoms with E-state index in [1.54, 1.807) is 0 Å². The molecule has 0 aliphatic heterocycles. The van der Waals surface area contributed by atoms with E-state index in [4.69, 9.17) is 0 Å². The van der Waals surface area contributed by atoms with Crippen molar-refractivity contribution < 1.29 is 4.79 Å². The van der Waals surface area contributed by atoms with Gasteiger partial charge >= 0.3 is 0 Å². The maximum atomic E-state index is 11.7. The standard InChI is InChI=1S/C11H16O/c1-2-6-11-7-5-9(8-11)3-4-10(11)12/h2,6,9H,3-5,7-8H2,1H3. The van der Waals surface area contributed by atoms with Crippen LogP contribution in [0.2, 0.25) is 0 Å². The normalized spacial score (nSPS) is 41.1. The topological polar surface area (TPSA) is 17.1 Å². The van der Waals surface area contributed by atoms with E-state index in [-0.39, 0.29) is 5.41 Å². The van der Waals surface area contributed by atoms with Crippen LogP contribution in [0.1, 0.15) is 39.0 Å². The number of fused-ring (bicyclic) bond motifs is 2. The Labute approximate surface area is 73.8 Å². The van der Waals surface area contributed by atoms with Crippen LogP contribution in [0.5, 0.6) is 0 Å². The van der Waals surface area contributed by atoms with Gasteiger partial charge in [0.25, 0.3) is 0 Å². The Morgan fingerprint density at radius 2 is 2.33 bits per heavy atom. The maximum Gasteiger partial charge on any atom is 0.142 e. The Morgan fingerprint density at radius 3 is 3.08 bits per heavy atom. The minimum absolute atomic E-state index is 0.0162. The molecule has 0 aromatic carbocycles. The lowest BCUT2D eigenvalue weighted by Gasteiger charge is -2.28. The lowest BCUT2D eigenvalue weighted by molar-refractivity contribution is -0.127. The van der Waals surface area contributed by atoms with Crippen LogP contribution in [0.15, 0.2) is 12.2 Å². The molecule has 1 heteroatoms. The van der Waals surface area contributed by atoms with E-state index in [1.807, 2.05) is 13.0 Å². The first-order valence-electron chi connectivity index (χ1n) is 4.94. The molecule has 0 saturated heterocycles. The third-order valence-electron chi connectivity index (χ3n) is 3.47. The Bertz CT molecular complexity index is 229. The molecule has 2 bridgehead atoms. The molecule has 0 N–H and O–H groups in total. The molecule has 0 aromatic heterocycles. The van der Waals surface area contributed by atoms with Crippen molar-refractivity contribution in [3.05, 3.63) is 12.2 Å². The van der Waals surface area contributed by atoms with Gasteiger partial charge in [-0.2, -0.15) is 0 Å². The second-order valence-corrected chi connectivity index (χ2v) is 4.23. The highest BCUT2D eigenvalue weighted by Gasteiger charge is 2.45. The molecule has 66 valence electrons.